The molecule has 2 aliphatic heterocycles. The number of nitrogens with one attached hydrogen (secondary N) is 1. The molecule has 0 unspecified atom stereocenters. The zero-order valence-electron chi connectivity index (χ0n) is 13.1. The SMILES string of the molecule is CS(=O)(=O)NC[C@H]1CCC2(CN(C(=O)c3ccccn3)C2)OC1. The van der Waals surface area contributed by atoms with Crippen LogP contribution in [0.25, 0.3) is 0 Å². The largest absolute Gasteiger partial charge is 0.371 e. The first-order valence-corrected chi connectivity index (χ1v) is 9.55. The number of hydrogen-bond acceptors (Lipinski definition) is 5. The number of carbonyl (C=O) groups excluding carboxylic acids is 1. The molecule has 1 spiro atoms. The average Bonchev–Trinajstić information content (AvgIpc) is 2.51. The van der Waals surface area contributed by atoms with E-state index in [1.54, 1.807) is 29.3 Å². The van der Waals surface area contributed by atoms with Crippen molar-refractivity contribution < 1.29 is 17.9 Å². The lowest BCUT2D eigenvalue weighted by molar-refractivity contribution is -0.166. The molecule has 3 rings (SSSR count). The number of ether oxygens (including phenoxy) is 1. The molecule has 0 saturated carbocycles. The normalized spacial score (nSPS) is 23.5. The summed E-state index contributed by atoms with van der Waals surface area (Å²) < 4.78 is 30.7. The van der Waals surface area contributed by atoms with Crippen LogP contribution in [0.5, 0.6) is 0 Å². The highest BCUT2D eigenvalue weighted by atomic mass is 32.2. The molecular formula is C15H21N3O4S. The summed E-state index contributed by atoms with van der Waals surface area (Å²) in [5.41, 5.74) is 0.194. The molecule has 1 aromatic heterocycles. The number of amides is 1. The predicted molar refractivity (Wildman–Crippen MR) is 84.4 cm³/mol. The van der Waals surface area contributed by atoms with Crippen LogP contribution >= 0.6 is 0 Å². The molecule has 23 heavy (non-hydrogen) atoms. The van der Waals surface area contributed by atoms with E-state index >= 15 is 0 Å². The summed E-state index contributed by atoms with van der Waals surface area (Å²) in [6.07, 6.45) is 4.51. The summed E-state index contributed by atoms with van der Waals surface area (Å²) in [6.45, 7) is 2.09. The van der Waals surface area contributed by atoms with Crippen molar-refractivity contribution in [2.45, 2.75) is 18.4 Å². The lowest BCUT2D eigenvalue weighted by atomic mass is 9.83. The number of rotatable bonds is 4. The first-order valence-electron chi connectivity index (χ1n) is 7.66. The fourth-order valence-electron chi connectivity index (χ4n) is 3.04. The number of carbonyl (C=O) groups is 1. The molecule has 0 radical (unpaired) electrons. The Balaban J connectivity index is 1.47. The van der Waals surface area contributed by atoms with Gasteiger partial charge in [-0.2, -0.15) is 0 Å². The van der Waals surface area contributed by atoms with Gasteiger partial charge in [0.15, 0.2) is 0 Å². The maximum absolute atomic E-state index is 12.3. The summed E-state index contributed by atoms with van der Waals surface area (Å²) in [7, 11) is -3.16. The molecule has 0 bridgehead atoms. The van der Waals surface area contributed by atoms with Crippen LogP contribution in [0.1, 0.15) is 23.3 Å². The standard InChI is InChI=1S/C15H21N3O4S/c1-23(20,21)17-8-12-5-6-15(22-9-12)10-18(11-15)14(19)13-4-2-3-7-16-13/h2-4,7,12,17H,5-6,8-11H2,1H3/t12-/m1/s1. The zero-order valence-corrected chi connectivity index (χ0v) is 13.9. The van der Waals surface area contributed by atoms with Crippen molar-refractivity contribution in [1.29, 1.82) is 0 Å². The Bertz CT molecular complexity index is 661. The van der Waals surface area contributed by atoms with E-state index in [0.717, 1.165) is 19.1 Å². The van der Waals surface area contributed by atoms with Gasteiger partial charge in [-0.25, -0.2) is 13.1 Å². The number of sulfonamides is 1. The third-order valence-corrected chi connectivity index (χ3v) is 5.09. The van der Waals surface area contributed by atoms with E-state index in [4.69, 9.17) is 4.74 Å². The fourth-order valence-corrected chi connectivity index (χ4v) is 3.58. The van der Waals surface area contributed by atoms with Crippen LogP contribution in [0.2, 0.25) is 0 Å². The Morgan fingerprint density at radius 3 is 2.83 bits per heavy atom. The molecule has 7 nitrogen and oxygen atoms in total. The van der Waals surface area contributed by atoms with Crippen molar-refractivity contribution in [3.8, 4) is 0 Å². The molecule has 1 aromatic rings. The number of nitrogens with zero attached hydrogens (tertiary/aromatic N) is 2. The number of aromatic nitrogens is 1. The van der Waals surface area contributed by atoms with Crippen LogP contribution in [-0.4, -0.2) is 62.3 Å². The maximum atomic E-state index is 12.3. The smallest absolute Gasteiger partial charge is 0.272 e. The molecule has 0 aliphatic carbocycles. The van der Waals surface area contributed by atoms with E-state index in [-0.39, 0.29) is 17.4 Å². The highest BCUT2D eigenvalue weighted by Gasteiger charge is 2.48. The van der Waals surface area contributed by atoms with E-state index in [1.807, 2.05) is 0 Å². The molecule has 8 heteroatoms. The molecule has 2 aliphatic rings. The number of hydrogen-bond donors (Lipinski definition) is 1. The average molecular weight is 339 g/mol. The van der Waals surface area contributed by atoms with Crippen LogP contribution < -0.4 is 4.72 Å². The topological polar surface area (TPSA) is 88.6 Å². The highest BCUT2D eigenvalue weighted by Crippen LogP contribution is 2.36. The molecule has 3 heterocycles. The van der Waals surface area contributed by atoms with Gasteiger partial charge in [-0.1, -0.05) is 6.07 Å². The Labute approximate surface area is 136 Å². The maximum Gasteiger partial charge on any atom is 0.272 e. The van der Waals surface area contributed by atoms with Gasteiger partial charge < -0.3 is 9.64 Å². The minimum atomic E-state index is -3.16. The third-order valence-electron chi connectivity index (χ3n) is 4.40. The van der Waals surface area contributed by atoms with Gasteiger partial charge in [-0.3, -0.25) is 9.78 Å². The molecule has 1 N–H and O–H groups in total. The van der Waals surface area contributed by atoms with E-state index in [9.17, 15) is 13.2 Å². The molecular weight excluding hydrogens is 318 g/mol. The van der Waals surface area contributed by atoms with Gasteiger partial charge in [0.1, 0.15) is 11.3 Å². The van der Waals surface area contributed by atoms with E-state index < -0.39 is 10.0 Å². The second kappa shape index (κ2) is 6.18. The minimum Gasteiger partial charge on any atom is -0.371 e. The first kappa shape index (κ1) is 16.4. The van der Waals surface area contributed by atoms with Gasteiger partial charge in [0, 0.05) is 12.7 Å². The van der Waals surface area contributed by atoms with E-state index in [0.29, 0.717) is 31.9 Å². The summed E-state index contributed by atoms with van der Waals surface area (Å²) in [5.74, 6) is 0.122. The molecule has 0 aromatic carbocycles. The van der Waals surface area contributed by atoms with Crippen LogP contribution in [0, 0.1) is 5.92 Å². The quantitative estimate of drug-likeness (QED) is 0.850. The molecule has 1 atom stereocenters. The van der Waals surface area contributed by atoms with Crippen molar-refractivity contribution >= 4 is 15.9 Å². The summed E-state index contributed by atoms with van der Waals surface area (Å²) in [4.78, 5) is 18.1. The van der Waals surface area contributed by atoms with Crippen molar-refractivity contribution in [2.24, 2.45) is 5.92 Å². The summed E-state index contributed by atoms with van der Waals surface area (Å²) in [6, 6.07) is 5.29. The van der Waals surface area contributed by atoms with Gasteiger partial charge in [0.05, 0.1) is 26.0 Å². The second-order valence-corrected chi connectivity index (χ2v) is 8.23. The monoisotopic (exact) mass is 339 g/mol. The second-order valence-electron chi connectivity index (χ2n) is 6.40. The summed E-state index contributed by atoms with van der Waals surface area (Å²) >= 11 is 0. The Kier molecular flexibility index (Phi) is 4.39. The van der Waals surface area contributed by atoms with E-state index in [1.165, 1.54) is 0 Å². The van der Waals surface area contributed by atoms with Crippen LogP contribution in [0.3, 0.4) is 0 Å². The lowest BCUT2D eigenvalue weighted by Gasteiger charge is -2.52. The van der Waals surface area contributed by atoms with Gasteiger partial charge in [0.2, 0.25) is 10.0 Å². The van der Waals surface area contributed by atoms with Crippen molar-refractivity contribution in [3.63, 3.8) is 0 Å². The van der Waals surface area contributed by atoms with Gasteiger partial charge in [0.25, 0.3) is 5.91 Å². The molecule has 126 valence electrons. The number of pyridine rings is 1. The van der Waals surface area contributed by atoms with Gasteiger partial charge >= 0.3 is 0 Å². The fraction of sp³-hybridized carbons (Fsp3) is 0.600. The number of likely N-dealkylation sites (tertiary alicyclic amines) is 1. The van der Waals surface area contributed by atoms with Gasteiger partial charge in [-0.15, -0.1) is 0 Å². The Hall–Kier alpha value is -1.51. The van der Waals surface area contributed by atoms with Crippen molar-refractivity contribution in [1.82, 2.24) is 14.6 Å². The van der Waals surface area contributed by atoms with Crippen LogP contribution in [0.4, 0.5) is 0 Å². The van der Waals surface area contributed by atoms with E-state index in [2.05, 4.69) is 9.71 Å². The molecule has 1 amide bonds. The minimum absolute atomic E-state index is 0.0688. The lowest BCUT2D eigenvalue weighted by Crippen LogP contribution is -2.66. The summed E-state index contributed by atoms with van der Waals surface area (Å²) in [5, 5.41) is 0. The van der Waals surface area contributed by atoms with Crippen molar-refractivity contribution in [3.05, 3.63) is 30.1 Å². The third kappa shape index (κ3) is 3.88. The first-order chi connectivity index (χ1) is 10.9. The Morgan fingerprint density at radius 1 is 1.48 bits per heavy atom. The predicted octanol–water partition coefficient (Wildman–Crippen LogP) is 0.252. The van der Waals surface area contributed by atoms with Gasteiger partial charge in [-0.05, 0) is 30.9 Å². The Morgan fingerprint density at radius 2 is 2.26 bits per heavy atom. The zero-order chi connectivity index (χ0) is 16.5. The van der Waals surface area contributed by atoms with Crippen LogP contribution in [-0.2, 0) is 14.8 Å². The van der Waals surface area contributed by atoms with Crippen molar-refractivity contribution in [2.75, 3.05) is 32.5 Å². The van der Waals surface area contributed by atoms with Crippen LogP contribution in [0.15, 0.2) is 24.4 Å². The molecule has 2 saturated heterocycles. The highest BCUT2D eigenvalue weighted by molar-refractivity contribution is 7.88. The molecule has 2 fully saturated rings.